The number of hydrogen-bond donors (Lipinski definition) is 2. The van der Waals surface area contributed by atoms with Crippen LogP contribution in [0.2, 0.25) is 5.15 Å². The zero-order chi connectivity index (χ0) is 20.3. The smallest absolute Gasteiger partial charge is 0.404 e. The lowest BCUT2D eigenvalue weighted by molar-refractivity contribution is 0.194. The predicted molar refractivity (Wildman–Crippen MR) is 98.0 cm³/mol. The summed E-state index contributed by atoms with van der Waals surface area (Å²) in [7, 11) is -4.10. The molecule has 0 saturated carbocycles. The van der Waals surface area contributed by atoms with Gasteiger partial charge in [0.2, 0.25) is 9.84 Å². The maximum atomic E-state index is 14.3. The third-order valence-corrected chi connectivity index (χ3v) is 5.68. The maximum Gasteiger partial charge on any atom is 0.404 e. The molecule has 3 rings (SSSR count). The van der Waals surface area contributed by atoms with Crippen LogP contribution in [0.1, 0.15) is 5.69 Å². The van der Waals surface area contributed by atoms with Crippen molar-refractivity contribution in [3.63, 3.8) is 0 Å². The van der Waals surface area contributed by atoms with Crippen molar-refractivity contribution < 1.29 is 22.7 Å². The first kappa shape index (κ1) is 19.8. The van der Waals surface area contributed by atoms with E-state index in [1.165, 1.54) is 36.4 Å². The minimum Gasteiger partial charge on any atom is -0.465 e. The average Bonchev–Trinajstić information content (AvgIpc) is 3.07. The zero-order valence-electron chi connectivity index (χ0n) is 14.2. The average molecular weight is 425 g/mol. The number of halogens is 2. The van der Waals surface area contributed by atoms with Crippen molar-refractivity contribution >= 4 is 27.5 Å². The lowest BCUT2D eigenvalue weighted by Crippen LogP contribution is -2.23. The Bertz CT molecular complexity index is 1120. The molecule has 1 aromatic carbocycles. The Morgan fingerprint density at radius 3 is 2.64 bits per heavy atom. The summed E-state index contributed by atoms with van der Waals surface area (Å²) in [5.41, 5.74) is 0.220. The van der Waals surface area contributed by atoms with Crippen LogP contribution >= 0.6 is 11.6 Å². The number of pyridine rings is 1. The summed E-state index contributed by atoms with van der Waals surface area (Å²) in [4.78, 5) is 14.2. The van der Waals surface area contributed by atoms with E-state index in [-0.39, 0.29) is 39.4 Å². The number of carboxylic acid groups (broad SMARTS) is 1. The summed E-state index contributed by atoms with van der Waals surface area (Å²) in [5.74, 6) is -0.661. The van der Waals surface area contributed by atoms with Crippen LogP contribution in [-0.4, -0.2) is 40.9 Å². The number of nitrogens with zero attached hydrogens (tertiary/aromatic N) is 3. The van der Waals surface area contributed by atoms with Crippen LogP contribution < -0.4 is 5.32 Å². The van der Waals surface area contributed by atoms with Gasteiger partial charge in [0, 0.05) is 19.2 Å². The molecule has 0 unspecified atom stereocenters. The van der Waals surface area contributed by atoms with Crippen LogP contribution in [0.5, 0.6) is 0 Å². The topological polar surface area (TPSA) is 114 Å². The van der Waals surface area contributed by atoms with E-state index in [4.69, 9.17) is 16.7 Å². The van der Waals surface area contributed by atoms with E-state index in [0.717, 1.165) is 10.9 Å². The molecule has 8 nitrogen and oxygen atoms in total. The van der Waals surface area contributed by atoms with E-state index in [0.29, 0.717) is 0 Å². The maximum absolute atomic E-state index is 14.3. The molecule has 0 fully saturated rings. The predicted octanol–water partition coefficient (Wildman–Crippen LogP) is 2.70. The van der Waals surface area contributed by atoms with Crippen LogP contribution in [0.4, 0.5) is 9.18 Å². The fourth-order valence-corrected chi connectivity index (χ4v) is 3.91. The molecular weight excluding hydrogens is 411 g/mol. The Morgan fingerprint density at radius 2 is 2.00 bits per heavy atom. The molecule has 1 amide bonds. The van der Waals surface area contributed by atoms with Crippen molar-refractivity contribution in [2.45, 2.75) is 16.3 Å². The van der Waals surface area contributed by atoms with Gasteiger partial charge in [-0.15, -0.1) is 0 Å². The van der Waals surface area contributed by atoms with E-state index in [1.54, 1.807) is 6.07 Å². The normalized spacial score (nSPS) is 11.4. The molecule has 2 aromatic heterocycles. The number of benzene rings is 1. The highest BCUT2D eigenvalue weighted by atomic mass is 35.5. The molecule has 28 heavy (non-hydrogen) atoms. The van der Waals surface area contributed by atoms with Crippen molar-refractivity contribution in [1.82, 2.24) is 20.1 Å². The van der Waals surface area contributed by atoms with Crippen LogP contribution in [0.15, 0.2) is 58.6 Å². The Balaban J connectivity index is 2.10. The van der Waals surface area contributed by atoms with Crippen LogP contribution in [0, 0.1) is 5.82 Å². The van der Waals surface area contributed by atoms with Crippen LogP contribution in [0.25, 0.3) is 5.69 Å². The minimum absolute atomic E-state index is 0.0195. The summed E-state index contributed by atoms with van der Waals surface area (Å²) in [6.45, 7) is 0.0195. The Hall–Kier alpha value is -2.98. The second-order valence-corrected chi connectivity index (χ2v) is 7.92. The summed E-state index contributed by atoms with van der Waals surface area (Å²) in [6, 6.07) is 9.48. The number of rotatable bonds is 6. The van der Waals surface area contributed by atoms with Gasteiger partial charge in [0.15, 0.2) is 5.03 Å². The molecule has 2 N–H and O–H groups in total. The number of hydrogen-bond acceptors (Lipinski definition) is 5. The molecule has 0 radical (unpaired) electrons. The van der Waals surface area contributed by atoms with Crippen molar-refractivity contribution in [2.24, 2.45) is 0 Å². The SMILES string of the molecule is O=C(O)NCCc1cc(S(=O)(=O)c2ccc(Cl)nc2)n(-c2ccccc2F)n1. The third kappa shape index (κ3) is 4.12. The fourth-order valence-electron chi connectivity index (χ4n) is 2.46. The Kier molecular flexibility index (Phi) is 5.61. The fraction of sp³-hybridized carbons (Fsp3) is 0.118. The van der Waals surface area contributed by atoms with Crippen molar-refractivity contribution in [2.75, 3.05) is 6.54 Å². The second-order valence-electron chi connectivity index (χ2n) is 5.64. The first-order valence-electron chi connectivity index (χ1n) is 7.96. The van der Waals surface area contributed by atoms with Gasteiger partial charge in [0.1, 0.15) is 16.7 Å². The minimum atomic E-state index is -4.10. The van der Waals surface area contributed by atoms with E-state index >= 15 is 0 Å². The van der Waals surface area contributed by atoms with Gasteiger partial charge in [-0.05, 0) is 30.3 Å². The monoisotopic (exact) mass is 424 g/mol. The summed E-state index contributed by atoms with van der Waals surface area (Å²) in [6.07, 6.45) is 0.00516. The molecule has 0 saturated heterocycles. The molecule has 0 aliphatic rings. The number of amides is 1. The summed E-state index contributed by atoms with van der Waals surface area (Å²) < 4.78 is 41.4. The van der Waals surface area contributed by atoms with Gasteiger partial charge < -0.3 is 10.4 Å². The second kappa shape index (κ2) is 7.95. The van der Waals surface area contributed by atoms with Gasteiger partial charge in [0.25, 0.3) is 0 Å². The third-order valence-electron chi connectivity index (χ3n) is 3.75. The largest absolute Gasteiger partial charge is 0.465 e. The Labute approximate surface area is 164 Å². The van der Waals surface area contributed by atoms with Gasteiger partial charge in [-0.1, -0.05) is 23.7 Å². The quantitative estimate of drug-likeness (QED) is 0.588. The summed E-state index contributed by atoms with van der Waals surface area (Å²) >= 11 is 5.71. The van der Waals surface area contributed by atoms with Gasteiger partial charge in [-0.3, -0.25) is 0 Å². The van der Waals surface area contributed by atoms with Gasteiger partial charge in [0.05, 0.1) is 10.6 Å². The lowest BCUT2D eigenvalue weighted by atomic mass is 10.3. The summed E-state index contributed by atoms with van der Waals surface area (Å²) in [5, 5.41) is 14.9. The lowest BCUT2D eigenvalue weighted by Gasteiger charge is -2.09. The van der Waals surface area contributed by atoms with Crippen molar-refractivity contribution in [3.05, 3.63) is 65.3 Å². The van der Waals surface area contributed by atoms with E-state index in [9.17, 15) is 17.6 Å². The van der Waals surface area contributed by atoms with E-state index < -0.39 is 21.7 Å². The molecule has 3 aromatic rings. The molecule has 2 heterocycles. The molecule has 0 bridgehead atoms. The molecule has 146 valence electrons. The molecule has 0 spiro atoms. The number of sulfone groups is 1. The molecule has 0 aliphatic carbocycles. The molecule has 0 aliphatic heterocycles. The van der Waals surface area contributed by atoms with Gasteiger partial charge >= 0.3 is 6.09 Å². The number of carbonyl (C=O) groups is 1. The molecule has 0 atom stereocenters. The molecule has 11 heteroatoms. The van der Waals surface area contributed by atoms with E-state index in [1.807, 2.05) is 0 Å². The van der Waals surface area contributed by atoms with Crippen LogP contribution in [-0.2, 0) is 16.3 Å². The zero-order valence-corrected chi connectivity index (χ0v) is 15.8. The van der Waals surface area contributed by atoms with Crippen molar-refractivity contribution in [1.29, 1.82) is 0 Å². The molecular formula is C17H14ClFN4O4S. The highest BCUT2D eigenvalue weighted by Crippen LogP contribution is 2.26. The van der Waals surface area contributed by atoms with Crippen molar-refractivity contribution in [3.8, 4) is 5.69 Å². The van der Waals surface area contributed by atoms with Gasteiger partial charge in [-0.2, -0.15) is 5.10 Å². The first-order valence-corrected chi connectivity index (χ1v) is 9.82. The highest BCUT2D eigenvalue weighted by Gasteiger charge is 2.26. The Morgan fingerprint density at radius 1 is 1.25 bits per heavy atom. The van der Waals surface area contributed by atoms with Crippen LogP contribution in [0.3, 0.4) is 0 Å². The first-order chi connectivity index (χ1) is 13.3. The number of para-hydroxylation sites is 1. The standard InChI is InChI=1S/C17H14ClFN4O4S/c18-15-6-5-12(10-21-15)28(26,27)16-9-11(7-8-20-17(24)25)22-23(16)14-4-2-1-3-13(14)19/h1-6,9-10,20H,7-8H2,(H,24,25). The number of nitrogens with one attached hydrogen (secondary N) is 1. The highest BCUT2D eigenvalue weighted by molar-refractivity contribution is 7.91. The number of aromatic nitrogens is 3. The van der Waals surface area contributed by atoms with Gasteiger partial charge in [-0.25, -0.2) is 27.3 Å². The van der Waals surface area contributed by atoms with E-state index in [2.05, 4.69) is 15.4 Å².